The second kappa shape index (κ2) is 15.1. The van der Waals surface area contributed by atoms with Gasteiger partial charge in [-0.15, -0.1) is 0 Å². The summed E-state index contributed by atoms with van der Waals surface area (Å²) in [5.74, 6) is 1.29. The number of hydrogen-bond donors (Lipinski definition) is 1. The molecule has 6 aliphatic rings. The minimum atomic E-state index is -1.15. The Kier molecular flexibility index (Phi) is 11.7. The molecule has 1 N–H and O–H groups in total. The number of aliphatic carboxylic acids is 1. The zero-order valence-corrected chi connectivity index (χ0v) is 37.3. The third-order valence-corrected chi connectivity index (χ3v) is 17.6. The van der Waals surface area contributed by atoms with Crippen molar-refractivity contribution in [1.82, 2.24) is 14.7 Å². The highest BCUT2D eigenvalue weighted by Gasteiger charge is 2.70. The maximum Gasteiger partial charge on any atom is 0.309 e. The van der Waals surface area contributed by atoms with Gasteiger partial charge in [-0.3, -0.25) is 19.2 Å². The highest BCUT2D eigenvalue weighted by molar-refractivity contribution is 6.00. The first kappa shape index (κ1) is 43.3. The minimum Gasteiger partial charge on any atom is -0.481 e. The van der Waals surface area contributed by atoms with Gasteiger partial charge >= 0.3 is 11.9 Å². The van der Waals surface area contributed by atoms with Crippen LogP contribution in [0.25, 0.3) is 0 Å². The van der Waals surface area contributed by atoms with Gasteiger partial charge in [0.15, 0.2) is 5.78 Å². The molecule has 0 unspecified atom stereocenters. The van der Waals surface area contributed by atoms with Crippen molar-refractivity contribution in [2.75, 3.05) is 53.4 Å². The van der Waals surface area contributed by atoms with E-state index in [9.17, 15) is 24.3 Å². The van der Waals surface area contributed by atoms with Gasteiger partial charge in [-0.25, -0.2) is 0 Å². The van der Waals surface area contributed by atoms with Crippen LogP contribution >= 0.6 is 0 Å². The predicted octanol–water partition coefficient (Wildman–Crippen LogP) is 8.11. The van der Waals surface area contributed by atoms with Crippen LogP contribution in [-0.4, -0.2) is 103 Å². The van der Waals surface area contributed by atoms with E-state index >= 15 is 0 Å². The average molecular weight is 780 g/mol. The molecule has 5 aliphatic carbocycles. The van der Waals surface area contributed by atoms with Crippen molar-refractivity contribution in [2.45, 2.75) is 146 Å². The maximum atomic E-state index is 14.3. The normalized spacial score (nSPS) is 36.9. The SMILES string of the molecule is CC(=O)N1CC(CN(CCN(C)C)CC[C@@]23CC[C@]4(C)[C@H](CC[C@@H]5[C@@]6(C)CC[C@H](OC(=O)CC(C)(C)C(=O)O)C(C)(C)[C@@H]6CC[C@]54C)C2=C(C(C)C)C(=O)C3)C1. The number of hydrogen-bond acceptors (Lipinski definition) is 7. The molecular weight excluding hydrogens is 703 g/mol. The molecule has 9 nitrogen and oxygen atoms in total. The predicted molar refractivity (Wildman–Crippen MR) is 221 cm³/mol. The summed E-state index contributed by atoms with van der Waals surface area (Å²) >= 11 is 0. The van der Waals surface area contributed by atoms with Crippen molar-refractivity contribution in [3.63, 3.8) is 0 Å². The monoisotopic (exact) mass is 780 g/mol. The number of fused-ring (bicyclic) bond motifs is 7. The van der Waals surface area contributed by atoms with Gasteiger partial charge in [-0.2, -0.15) is 0 Å². The summed E-state index contributed by atoms with van der Waals surface area (Å²) in [6.07, 6.45) is 9.96. The fourth-order valence-corrected chi connectivity index (χ4v) is 14.2. The number of likely N-dealkylation sites (tertiary alicyclic amines) is 1. The molecular formula is C47H77N3O6. The number of carbonyl (C=O) groups excluding carboxylic acids is 3. The van der Waals surface area contributed by atoms with E-state index in [2.05, 4.69) is 72.4 Å². The Morgan fingerprint density at radius 3 is 2.18 bits per heavy atom. The van der Waals surface area contributed by atoms with Crippen LogP contribution in [0.2, 0.25) is 0 Å². The molecule has 1 saturated heterocycles. The number of rotatable bonds is 13. The van der Waals surface area contributed by atoms with E-state index in [-0.39, 0.29) is 51.4 Å². The molecule has 6 rings (SSSR count). The Balaban J connectivity index is 1.24. The molecule has 0 aromatic carbocycles. The van der Waals surface area contributed by atoms with E-state index in [1.54, 1.807) is 26.3 Å². The number of ketones is 1. The third-order valence-electron chi connectivity index (χ3n) is 17.6. The summed E-state index contributed by atoms with van der Waals surface area (Å²) in [7, 11) is 4.28. The zero-order valence-electron chi connectivity index (χ0n) is 37.3. The molecule has 0 spiro atoms. The zero-order chi connectivity index (χ0) is 41.4. The smallest absolute Gasteiger partial charge is 0.309 e. The van der Waals surface area contributed by atoms with Gasteiger partial charge in [0.1, 0.15) is 6.10 Å². The standard InChI is InChI=1S/C47H77N3O6/c1-30(2)39-34(52)25-47(21-22-49(24-23-48(11)12)27-32-28-50(29-32)31(3)51)20-19-45(9)33(40(39)47)13-14-36-44(8)17-16-37(56-38(53)26-42(4,5)41(54)55)43(6,7)35(44)15-18-46(36,45)10/h30,32-33,35-37H,13-29H2,1-12H3,(H,54,55)/t33-,35+,36-,37+,44+,45-,46-,47-/m1/s1. The van der Waals surface area contributed by atoms with Crippen LogP contribution in [0.5, 0.6) is 0 Å². The number of allylic oxidation sites excluding steroid dienone is 2. The van der Waals surface area contributed by atoms with Crippen LogP contribution in [0.4, 0.5) is 0 Å². The highest BCUT2D eigenvalue weighted by Crippen LogP contribution is 2.77. The molecule has 56 heavy (non-hydrogen) atoms. The van der Waals surface area contributed by atoms with Crippen molar-refractivity contribution in [1.29, 1.82) is 0 Å². The van der Waals surface area contributed by atoms with Gasteiger partial charge in [0.25, 0.3) is 0 Å². The molecule has 316 valence electrons. The van der Waals surface area contributed by atoms with Crippen LogP contribution in [0.3, 0.4) is 0 Å². The molecule has 4 saturated carbocycles. The van der Waals surface area contributed by atoms with Gasteiger partial charge in [0, 0.05) is 62.8 Å². The Morgan fingerprint density at radius 1 is 0.893 bits per heavy atom. The Hall–Kier alpha value is -2.26. The highest BCUT2D eigenvalue weighted by atomic mass is 16.5. The van der Waals surface area contributed by atoms with Crippen LogP contribution in [0.1, 0.15) is 140 Å². The summed E-state index contributed by atoms with van der Waals surface area (Å²) in [6, 6.07) is 0. The lowest BCUT2D eigenvalue weighted by molar-refractivity contribution is -0.233. The number of carboxylic acid groups (broad SMARTS) is 1. The Labute approximate surface area is 339 Å². The van der Waals surface area contributed by atoms with E-state index in [0.29, 0.717) is 35.9 Å². The summed E-state index contributed by atoms with van der Waals surface area (Å²) < 4.78 is 6.21. The van der Waals surface area contributed by atoms with Crippen molar-refractivity contribution in [3.8, 4) is 0 Å². The lowest BCUT2D eigenvalue weighted by Gasteiger charge is -2.72. The quantitative estimate of drug-likeness (QED) is 0.187. The summed E-state index contributed by atoms with van der Waals surface area (Å²) in [6.45, 7) is 27.5. The number of Topliss-reactive ketones (excluding diaryl/α,β-unsaturated/α-hetero) is 1. The number of carboxylic acids is 1. The lowest BCUT2D eigenvalue weighted by atomic mass is 9.33. The van der Waals surface area contributed by atoms with E-state index in [0.717, 1.165) is 96.2 Å². The average Bonchev–Trinajstić information content (AvgIpc) is 3.36. The van der Waals surface area contributed by atoms with Crippen LogP contribution in [0.15, 0.2) is 11.1 Å². The van der Waals surface area contributed by atoms with Gasteiger partial charge in [0.2, 0.25) is 5.91 Å². The second-order valence-electron chi connectivity index (χ2n) is 22.3. The molecule has 8 atom stereocenters. The van der Waals surface area contributed by atoms with Crippen molar-refractivity contribution in [2.24, 2.45) is 62.1 Å². The number of esters is 1. The molecule has 5 fully saturated rings. The maximum absolute atomic E-state index is 14.3. The third kappa shape index (κ3) is 7.23. The van der Waals surface area contributed by atoms with Crippen molar-refractivity contribution in [3.05, 3.63) is 11.1 Å². The molecule has 0 bridgehead atoms. The van der Waals surface area contributed by atoms with E-state index < -0.39 is 17.4 Å². The molecule has 0 aromatic heterocycles. The number of carbonyl (C=O) groups is 4. The topological polar surface area (TPSA) is 107 Å². The van der Waals surface area contributed by atoms with Crippen LogP contribution in [-0.2, 0) is 23.9 Å². The van der Waals surface area contributed by atoms with E-state index in [1.165, 1.54) is 6.42 Å². The minimum absolute atomic E-state index is 0.0638. The van der Waals surface area contributed by atoms with E-state index in [4.69, 9.17) is 4.74 Å². The molecule has 0 aromatic rings. The molecule has 9 heteroatoms. The van der Waals surface area contributed by atoms with Gasteiger partial charge in [0.05, 0.1) is 11.8 Å². The van der Waals surface area contributed by atoms with Gasteiger partial charge in [-0.05, 0) is 138 Å². The van der Waals surface area contributed by atoms with Gasteiger partial charge < -0.3 is 24.5 Å². The van der Waals surface area contributed by atoms with E-state index in [1.807, 2.05) is 4.90 Å². The molecule has 1 amide bonds. The molecule has 1 aliphatic heterocycles. The first-order valence-corrected chi connectivity index (χ1v) is 22.2. The number of nitrogens with zero attached hydrogens (tertiary/aromatic N) is 3. The lowest BCUT2D eigenvalue weighted by Crippen LogP contribution is -2.65. The number of amides is 1. The van der Waals surface area contributed by atoms with Gasteiger partial charge in [-0.1, -0.05) is 54.0 Å². The van der Waals surface area contributed by atoms with Crippen molar-refractivity contribution < 1.29 is 29.0 Å². The van der Waals surface area contributed by atoms with Crippen molar-refractivity contribution >= 4 is 23.6 Å². The largest absolute Gasteiger partial charge is 0.481 e. The van der Waals surface area contributed by atoms with Crippen LogP contribution in [0, 0.1) is 62.1 Å². The molecule has 1 heterocycles. The molecule has 0 radical (unpaired) electrons. The second-order valence-corrected chi connectivity index (χ2v) is 22.3. The van der Waals surface area contributed by atoms with Crippen LogP contribution < -0.4 is 0 Å². The summed E-state index contributed by atoms with van der Waals surface area (Å²) in [5.41, 5.74) is 1.61. The fourth-order valence-electron chi connectivity index (χ4n) is 14.2. The first-order chi connectivity index (χ1) is 25.9. The Morgan fingerprint density at radius 2 is 1.57 bits per heavy atom. The Bertz CT molecular complexity index is 1590. The number of ether oxygens (including phenoxy) is 1. The number of likely N-dealkylation sites (N-methyl/N-ethyl adjacent to an activating group) is 1. The summed E-state index contributed by atoms with van der Waals surface area (Å²) in [5, 5.41) is 9.65. The fraction of sp³-hybridized carbons (Fsp3) is 0.872. The summed E-state index contributed by atoms with van der Waals surface area (Å²) in [4.78, 5) is 58.0. The first-order valence-electron chi connectivity index (χ1n) is 22.2.